The monoisotopic (exact) mass is 539 g/mol. The summed E-state index contributed by atoms with van der Waals surface area (Å²) in [4.78, 5) is 41.2. The largest absolute Gasteiger partial charge is 0.508 e. The van der Waals surface area contributed by atoms with Crippen molar-refractivity contribution in [2.75, 3.05) is 18.4 Å². The van der Waals surface area contributed by atoms with E-state index in [9.17, 15) is 19.5 Å². The fourth-order valence-electron chi connectivity index (χ4n) is 4.36. The molecule has 0 fully saturated rings. The van der Waals surface area contributed by atoms with Gasteiger partial charge in [-0.25, -0.2) is 4.79 Å². The number of ether oxygens (including phenoxy) is 1. The Bertz CT molecular complexity index is 1070. The summed E-state index contributed by atoms with van der Waals surface area (Å²) in [5.74, 6) is -0.702. The van der Waals surface area contributed by atoms with Crippen LogP contribution in [0.2, 0.25) is 0 Å². The number of hydrogen-bond acceptors (Lipinski definition) is 5. The summed E-state index contributed by atoms with van der Waals surface area (Å²) in [6.07, 6.45) is 5.41. The van der Waals surface area contributed by atoms with E-state index in [2.05, 4.69) is 17.6 Å². The number of amides is 3. The van der Waals surface area contributed by atoms with Crippen molar-refractivity contribution in [3.8, 4) is 5.75 Å². The van der Waals surface area contributed by atoms with Crippen molar-refractivity contribution in [1.82, 2.24) is 10.2 Å². The maximum atomic E-state index is 13.9. The number of unbranched alkanes of at least 4 members (excludes halogenated alkanes) is 5. The van der Waals surface area contributed by atoms with E-state index < -0.39 is 23.6 Å². The molecule has 1 atom stereocenters. The maximum absolute atomic E-state index is 13.9. The van der Waals surface area contributed by atoms with Gasteiger partial charge in [0.2, 0.25) is 5.91 Å². The molecule has 0 aromatic heterocycles. The number of alkyl carbamates (subject to hydrolysis) is 1. The summed E-state index contributed by atoms with van der Waals surface area (Å²) in [7, 11) is 0. The molecule has 0 aliphatic heterocycles. The van der Waals surface area contributed by atoms with Crippen LogP contribution in [0.4, 0.5) is 10.5 Å². The van der Waals surface area contributed by atoms with Gasteiger partial charge in [-0.05, 0) is 69.9 Å². The summed E-state index contributed by atoms with van der Waals surface area (Å²) in [6, 6.07) is 11.1. The molecule has 0 saturated heterocycles. The van der Waals surface area contributed by atoms with E-state index in [4.69, 9.17) is 4.74 Å². The molecule has 3 N–H and O–H groups in total. The number of phenolic OH excluding ortho intramolecular Hbond substituents is 1. The molecular formula is C31H45N3O5. The highest BCUT2D eigenvalue weighted by molar-refractivity contribution is 5.99. The van der Waals surface area contributed by atoms with Gasteiger partial charge in [-0.2, -0.15) is 0 Å². The van der Waals surface area contributed by atoms with Crippen molar-refractivity contribution in [2.24, 2.45) is 0 Å². The van der Waals surface area contributed by atoms with Gasteiger partial charge in [-0.1, -0.05) is 69.4 Å². The minimum atomic E-state index is -0.965. The van der Waals surface area contributed by atoms with Crippen molar-refractivity contribution >= 4 is 23.6 Å². The van der Waals surface area contributed by atoms with Crippen molar-refractivity contribution in [3.05, 3.63) is 59.2 Å². The third-order valence-electron chi connectivity index (χ3n) is 6.35. The van der Waals surface area contributed by atoms with Crippen LogP contribution in [0.25, 0.3) is 0 Å². The number of carbonyl (C=O) groups is 3. The van der Waals surface area contributed by atoms with Crippen LogP contribution in [0.3, 0.4) is 0 Å². The molecule has 2 rings (SSSR count). The second-order valence-electron chi connectivity index (χ2n) is 11.0. The Morgan fingerprint density at radius 3 is 2.10 bits per heavy atom. The number of hydrogen-bond donors (Lipinski definition) is 3. The molecule has 0 saturated carbocycles. The van der Waals surface area contributed by atoms with Gasteiger partial charge in [0, 0.05) is 12.2 Å². The Labute approximate surface area is 233 Å². The summed E-state index contributed by atoms with van der Waals surface area (Å²) in [5.41, 5.74) is 2.38. The van der Waals surface area contributed by atoms with E-state index in [1.165, 1.54) is 17.0 Å². The molecule has 1 unspecified atom stereocenters. The highest BCUT2D eigenvalue weighted by Gasteiger charge is 2.32. The molecule has 0 bridgehead atoms. The lowest BCUT2D eigenvalue weighted by atomic mass is 10.0. The van der Waals surface area contributed by atoms with E-state index in [0.717, 1.165) is 43.2 Å². The average Bonchev–Trinajstić information content (AvgIpc) is 2.86. The lowest BCUT2D eigenvalue weighted by Crippen LogP contribution is -2.47. The topological polar surface area (TPSA) is 108 Å². The van der Waals surface area contributed by atoms with Gasteiger partial charge >= 0.3 is 6.09 Å². The van der Waals surface area contributed by atoms with Gasteiger partial charge in [-0.3, -0.25) is 9.59 Å². The molecule has 8 nitrogen and oxygen atoms in total. The average molecular weight is 540 g/mol. The highest BCUT2D eigenvalue weighted by atomic mass is 16.6. The number of anilines is 1. The van der Waals surface area contributed by atoms with Crippen LogP contribution in [-0.4, -0.2) is 46.6 Å². The molecule has 39 heavy (non-hydrogen) atoms. The Kier molecular flexibility index (Phi) is 12.3. The first-order valence-electron chi connectivity index (χ1n) is 13.8. The number of phenols is 1. The standard InChI is InChI=1S/C31H45N3O5/c1-7-8-9-10-11-12-20-34(26(36)21-32-30(38)39-31(4,5)6)28(24-16-18-25(35)19-17-24)29(37)33-27-22(2)14-13-15-23(27)3/h13-19,28,35H,7-12,20-21H2,1-6H3,(H,32,38)(H,33,37). The zero-order chi connectivity index (χ0) is 29.0. The van der Waals surface area contributed by atoms with Crippen molar-refractivity contribution in [2.45, 2.75) is 91.7 Å². The van der Waals surface area contributed by atoms with Gasteiger partial charge in [0.05, 0.1) is 0 Å². The number of nitrogens with one attached hydrogen (secondary N) is 2. The Morgan fingerprint density at radius 2 is 1.51 bits per heavy atom. The first-order chi connectivity index (χ1) is 18.4. The number of rotatable bonds is 13. The second kappa shape index (κ2) is 15.1. The Balaban J connectivity index is 2.36. The molecule has 0 radical (unpaired) electrons. The van der Waals surface area contributed by atoms with Gasteiger partial charge in [0.1, 0.15) is 23.9 Å². The summed E-state index contributed by atoms with van der Waals surface area (Å²) >= 11 is 0. The van der Waals surface area contributed by atoms with Crippen LogP contribution in [0, 0.1) is 13.8 Å². The van der Waals surface area contributed by atoms with Gasteiger partial charge in [-0.15, -0.1) is 0 Å². The van der Waals surface area contributed by atoms with E-state index in [0.29, 0.717) is 24.2 Å². The van der Waals surface area contributed by atoms with Crippen LogP contribution < -0.4 is 10.6 Å². The quantitative estimate of drug-likeness (QED) is 0.255. The van der Waals surface area contributed by atoms with Gasteiger partial charge in [0.15, 0.2) is 0 Å². The zero-order valence-electron chi connectivity index (χ0n) is 24.3. The molecule has 2 aromatic carbocycles. The third-order valence-corrected chi connectivity index (χ3v) is 6.35. The molecule has 3 amide bonds. The first kappa shape index (κ1) is 31.7. The van der Waals surface area contributed by atoms with E-state index >= 15 is 0 Å². The van der Waals surface area contributed by atoms with Gasteiger partial charge < -0.3 is 25.4 Å². The van der Waals surface area contributed by atoms with Crippen molar-refractivity contribution in [3.63, 3.8) is 0 Å². The minimum Gasteiger partial charge on any atom is -0.508 e. The van der Waals surface area contributed by atoms with E-state index in [1.54, 1.807) is 32.9 Å². The van der Waals surface area contributed by atoms with E-state index in [-0.39, 0.29) is 18.2 Å². The number of carbonyl (C=O) groups excluding carboxylic acids is 3. The fraction of sp³-hybridized carbons (Fsp3) is 0.516. The van der Waals surface area contributed by atoms with Crippen molar-refractivity contribution in [1.29, 1.82) is 0 Å². The molecule has 0 aliphatic rings. The van der Waals surface area contributed by atoms with Crippen molar-refractivity contribution < 1.29 is 24.2 Å². The first-order valence-corrected chi connectivity index (χ1v) is 13.8. The highest BCUT2D eigenvalue weighted by Crippen LogP contribution is 2.28. The fourth-order valence-corrected chi connectivity index (χ4v) is 4.36. The van der Waals surface area contributed by atoms with Crippen LogP contribution in [0.15, 0.2) is 42.5 Å². The second-order valence-corrected chi connectivity index (χ2v) is 11.0. The van der Waals surface area contributed by atoms with Crippen LogP contribution in [0.5, 0.6) is 5.75 Å². The molecule has 2 aromatic rings. The number of para-hydroxylation sites is 1. The Hall–Kier alpha value is -3.55. The number of benzene rings is 2. The summed E-state index contributed by atoms with van der Waals surface area (Å²) < 4.78 is 5.29. The minimum absolute atomic E-state index is 0.0630. The Morgan fingerprint density at radius 1 is 0.923 bits per heavy atom. The molecule has 0 heterocycles. The predicted octanol–water partition coefficient (Wildman–Crippen LogP) is 6.40. The van der Waals surface area contributed by atoms with E-state index in [1.807, 2.05) is 32.0 Å². The molecule has 0 spiro atoms. The van der Waals surface area contributed by atoms with Gasteiger partial charge in [0.25, 0.3) is 5.91 Å². The van der Waals surface area contributed by atoms with Crippen LogP contribution in [-0.2, 0) is 14.3 Å². The molecule has 8 heteroatoms. The van der Waals surface area contributed by atoms with Crippen LogP contribution >= 0.6 is 0 Å². The third kappa shape index (κ3) is 10.6. The number of aryl methyl sites for hydroxylation is 2. The normalized spacial score (nSPS) is 11.9. The molecule has 214 valence electrons. The summed E-state index contributed by atoms with van der Waals surface area (Å²) in [6.45, 7) is 11.3. The van der Waals surface area contributed by atoms with Crippen LogP contribution in [0.1, 0.15) is 89.0 Å². The molecular weight excluding hydrogens is 494 g/mol. The molecule has 0 aliphatic carbocycles. The lowest BCUT2D eigenvalue weighted by Gasteiger charge is -2.32. The number of aromatic hydroxyl groups is 1. The summed E-state index contributed by atoms with van der Waals surface area (Å²) in [5, 5.41) is 15.4. The number of nitrogens with zero attached hydrogens (tertiary/aromatic N) is 1. The lowest BCUT2D eigenvalue weighted by molar-refractivity contribution is -0.138. The maximum Gasteiger partial charge on any atom is 0.408 e. The smallest absolute Gasteiger partial charge is 0.408 e. The predicted molar refractivity (Wildman–Crippen MR) is 155 cm³/mol. The SMILES string of the molecule is CCCCCCCCN(C(=O)CNC(=O)OC(C)(C)C)C(C(=O)Nc1c(C)cccc1C)c1ccc(O)cc1. The zero-order valence-corrected chi connectivity index (χ0v) is 24.3.